The van der Waals surface area contributed by atoms with Crippen LogP contribution in [0, 0.1) is 18.8 Å². The van der Waals surface area contributed by atoms with Gasteiger partial charge in [0.2, 0.25) is 0 Å². The second-order valence-electron chi connectivity index (χ2n) is 5.08. The Hall–Kier alpha value is -1.39. The number of rotatable bonds is 3. The van der Waals surface area contributed by atoms with Gasteiger partial charge in [0.25, 0.3) is 10.0 Å². The van der Waals surface area contributed by atoms with Crippen LogP contribution in [0.25, 0.3) is 0 Å². The number of aliphatic hydroxyl groups is 1. The van der Waals surface area contributed by atoms with E-state index in [9.17, 15) is 8.42 Å². The summed E-state index contributed by atoms with van der Waals surface area (Å²) in [5, 5.41) is 10.5. The summed E-state index contributed by atoms with van der Waals surface area (Å²) < 4.78 is 25.0. The van der Waals surface area contributed by atoms with Crippen LogP contribution < -0.4 is 4.83 Å². The highest BCUT2D eigenvalue weighted by molar-refractivity contribution is 7.89. The van der Waals surface area contributed by atoms with Gasteiger partial charge in [-0.1, -0.05) is 24.3 Å². The minimum absolute atomic E-state index is 0.234. The maximum Gasteiger partial charge on any atom is 0.253 e. The van der Waals surface area contributed by atoms with Gasteiger partial charge in [-0.2, -0.15) is 0 Å². The summed E-state index contributed by atoms with van der Waals surface area (Å²) in [5.74, 6) is 5.26. The molecule has 0 unspecified atom stereocenters. The standard InChI is InChI=1S/C15H20N2O3S/c1-13-7-8-14(6-5-11-18)12-15(13)21(19,20)16-17-9-3-2-4-10-17/h7-8,12,16,18H,2-4,9-11H2,1H3. The molecule has 1 aromatic carbocycles. The van der Waals surface area contributed by atoms with Crippen LogP contribution in [0.4, 0.5) is 0 Å². The van der Waals surface area contributed by atoms with Crippen molar-refractivity contribution in [3.8, 4) is 11.8 Å². The average Bonchev–Trinajstić information content (AvgIpc) is 2.47. The van der Waals surface area contributed by atoms with Crippen LogP contribution in [0.3, 0.4) is 0 Å². The quantitative estimate of drug-likeness (QED) is 0.818. The lowest BCUT2D eigenvalue weighted by molar-refractivity contribution is 0.200. The third kappa shape index (κ3) is 4.29. The molecular weight excluding hydrogens is 288 g/mol. The molecule has 2 N–H and O–H groups in total. The van der Waals surface area contributed by atoms with Crippen LogP contribution in [-0.2, 0) is 10.0 Å². The van der Waals surface area contributed by atoms with Gasteiger partial charge < -0.3 is 5.11 Å². The number of aliphatic hydroxyl groups excluding tert-OH is 1. The Morgan fingerprint density at radius 2 is 2.00 bits per heavy atom. The summed E-state index contributed by atoms with van der Waals surface area (Å²) in [4.78, 5) is 2.88. The zero-order valence-corrected chi connectivity index (χ0v) is 12.9. The van der Waals surface area contributed by atoms with Crippen LogP contribution >= 0.6 is 0 Å². The minimum atomic E-state index is -3.59. The van der Waals surface area contributed by atoms with Gasteiger partial charge in [-0.25, -0.2) is 13.4 Å². The molecule has 0 saturated carbocycles. The first-order valence-electron chi connectivity index (χ1n) is 7.01. The molecule has 1 fully saturated rings. The number of hydrogen-bond acceptors (Lipinski definition) is 4. The van der Waals surface area contributed by atoms with Gasteiger partial charge in [0, 0.05) is 18.7 Å². The Morgan fingerprint density at radius 1 is 1.29 bits per heavy atom. The molecule has 1 aliphatic rings. The molecule has 21 heavy (non-hydrogen) atoms. The van der Waals surface area contributed by atoms with E-state index in [0.29, 0.717) is 11.1 Å². The van der Waals surface area contributed by atoms with E-state index in [-0.39, 0.29) is 11.5 Å². The SMILES string of the molecule is Cc1ccc(C#CCO)cc1S(=O)(=O)NN1CCCCC1. The number of hydrogen-bond donors (Lipinski definition) is 2. The fraction of sp³-hybridized carbons (Fsp3) is 0.467. The highest BCUT2D eigenvalue weighted by Gasteiger charge is 2.21. The Balaban J connectivity index is 2.25. The number of sulfonamides is 1. The van der Waals surface area contributed by atoms with Crippen LogP contribution in [-0.4, -0.2) is 38.2 Å². The molecule has 1 aliphatic heterocycles. The van der Waals surface area contributed by atoms with Crippen molar-refractivity contribution in [3.05, 3.63) is 29.3 Å². The van der Waals surface area contributed by atoms with Crippen LogP contribution in [0.5, 0.6) is 0 Å². The van der Waals surface area contributed by atoms with Crippen molar-refractivity contribution in [2.45, 2.75) is 31.1 Å². The summed E-state index contributed by atoms with van der Waals surface area (Å²) in [6.45, 7) is 2.99. The molecule has 114 valence electrons. The number of benzene rings is 1. The van der Waals surface area contributed by atoms with Crippen molar-refractivity contribution < 1.29 is 13.5 Å². The van der Waals surface area contributed by atoms with E-state index in [1.807, 2.05) is 0 Å². The Bertz CT molecular complexity index is 653. The first kappa shape index (κ1) is 16.0. The van der Waals surface area contributed by atoms with Gasteiger partial charge in [0.05, 0.1) is 4.90 Å². The molecule has 1 saturated heterocycles. The smallest absolute Gasteiger partial charge is 0.253 e. The van der Waals surface area contributed by atoms with E-state index in [0.717, 1.165) is 32.4 Å². The maximum absolute atomic E-state index is 12.5. The van der Waals surface area contributed by atoms with Crippen LogP contribution in [0.2, 0.25) is 0 Å². The summed E-state index contributed by atoms with van der Waals surface area (Å²) in [7, 11) is -3.59. The average molecular weight is 308 g/mol. The predicted molar refractivity (Wildman–Crippen MR) is 80.9 cm³/mol. The van der Waals surface area contributed by atoms with Gasteiger partial charge in [-0.05, 0) is 37.5 Å². The lowest BCUT2D eigenvalue weighted by Gasteiger charge is -2.26. The third-order valence-electron chi connectivity index (χ3n) is 3.39. The normalized spacial score (nSPS) is 16.3. The van der Waals surface area contributed by atoms with Crippen molar-refractivity contribution in [3.63, 3.8) is 0 Å². The molecule has 2 rings (SSSR count). The molecule has 0 amide bonds. The highest BCUT2D eigenvalue weighted by atomic mass is 32.2. The molecule has 0 bridgehead atoms. The Kier molecular flexibility index (Phi) is 5.37. The largest absolute Gasteiger partial charge is 0.384 e. The molecule has 0 atom stereocenters. The van der Waals surface area contributed by atoms with E-state index in [4.69, 9.17) is 5.11 Å². The van der Waals surface area contributed by atoms with E-state index in [1.165, 1.54) is 0 Å². The fourth-order valence-corrected chi connectivity index (χ4v) is 3.71. The summed E-state index contributed by atoms with van der Waals surface area (Å²) in [6.07, 6.45) is 3.15. The number of hydrazine groups is 1. The Labute approximate surface area is 126 Å². The van der Waals surface area contributed by atoms with Crippen molar-refractivity contribution in [2.75, 3.05) is 19.7 Å². The van der Waals surface area contributed by atoms with Gasteiger partial charge in [-0.3, -0.25) is 0 Å². The van der Waals surface area contributed by atoms with Gasteiger partial charge >= 0.3 is 0 Å². The molecule has 5 nitrogen and oxygen atoms in total. The number of nitrogens with zero attached hydrogens (tertiary/aromatic N) is 1. The van der Waals surface area contributed by atoms with E-state index < -0.39 is 10.0 Å². The van der Waals surface area contributed by atoms with Gasteiger partial charge in [0.15, 0.2) is 0 Å². The summed E-state index contributed by atoms with van der Waals surface area (Å²) >= 11 is 0. The number of piperidine rings is 1. The molecule has 1 heterocycles. The number of nitrogens with one attached hydrogen (secondary N) is 1. The van der Waals surface area contributed by atoms with E-state index in [1.54, 1.807) is 30.1 Å². The maximum atomic E-state index is 12.5. The zero-order valence-electron chi connectivity index (χ0n) is 12.1. The van der Waals surface area contributed by atoms with Crippen molar-refractivity contribution in [1.82, 2.24) is 9.84 Å². The first-order chi connectivity index (χ1) is 10.0. The van der Waals surface area contributed by atoms with E-state index >= 15 is 0 Å². The van der Waals surface area contributed by atoms with Crippen molar-refractivity contribution >= 4 is 10.0 Å². The molecule has 0 spiro atoms. The van der Waals surface area contributed by atoms with Gasteiger partial charge in [0.1, 0.15) is 6.61 Å². The van der Waals surface area contributed by atoms with Crippen molar-refractivity contribution in [2.24, 2.45) is 0 Å². The summed E-state index contributed by atoms with van der Waals surface area (Å²) in [6, 6.07) is 5.02. The fourth-order valence-electron chi connectivity index (χ4n) is 2.31. The van der Waals surface area contributed by atoms with Crippen LogP contribution in [0.15, 0.2) is 23.1 Å². The Morgan fingerprint density at radius 3 is 2.67 bits per heavy atom. The molecule has 0 aliphatic carbocycles. The zero-order chi connectivity index (χ0) is 15.3. The lowest BCUT2D eigenvalue weighted by atomic mass is 10.1. The minimum Gasteiger partial charge on any atom is -0.384 e. The molecule has 1 aromatic rings. The lowest BCUT2D eigenvalue weighted by Crippen LogP contribution is -2.45. The second-order valence-corrected chi connectivity index (χ2v) is 6.71. The molecular formula is C15H20N2O3S. The topological polar surface area (TPSA) is 69.6 Å². The van der Waals surface area contributed by atoms with Crippen molar-refractivity contribution in [1.29, 1.82) is 0 Å². The molecule has 6 heteroatoms. The molecule has 0 aromatic heterocycles. The highest BCUT2D eigenvalue weighted by Crippen LogP contribution is 2.18. The number of aryl methyl sites for hydroxylation is 1. The molecule has 0 radical (unpaired) electrons. The van der Waals surface area contributed by atoms with E-state index in [2.05, 4.69) is 16.7 Å². The van der Waals surface area contributed by atoms with Gasteiger partial charge in [-0.15, -0.1) is 4.83 Å². The first-order valence-corrected chi connectivity index (χ1v) is 8.49. The van der Waals surface area contributed by atoms with Crippen LogP contribution in [0.1, 0.15) is 30.4 Å². The summed E-state index contributed by atoms with van der Waals surface area (Å²) in [5.41, 5.74) is 1.25. The second kappa shape index (κ2) is 7.05. The third-order valence-corrected chi connectivity index (χ3v) is 4.91. The predicted octanol–water partition coefficient (Wildman–Crippen LogP) is 1.02. The monoisotopic (exact) mass is 308 g/mol.